The molecule has 0 aromatic rings. The van der Waals surface area contributed by atoms with E-state index in [1.807, 2.05) is 6.92 Å². The lowest BCUT2D eigenvalue weighted by molar-refractivity contribution is -0.148. The molecule has 5 nitrogen and oxygen atoms in total. The number of carboxylic acids is 1. The average Bonchev–Trinajstić information content (AvgIpc) is 2.90. The maximum Gasteiger partial charge on any atom is 0.406 e. The van der Waals surface area contributed by atoms with E-state index in [1.54, 1.807) is 0 Å². The molecule has 0 unspecified atom stereocenters. The summed E-state index contributed by atoms with van der Waals surface area (Å²) in [7, 11) is 0. The molecule has 0 bridgehead atoms. The van der Waals surface area contributed by atoms with E-state index < -0.39 is 31.3 Å². The molecule has 104 valence electrons. The van der Waals surface area contributed by atoms with Crippen LogP contribution in [0.3, 0.4) is 0 Å². The van der Waals surface area contributed by atoms with Crippen LogP contribution in [0.4, 0.5) is 18.0 Å². The minimum absolute atomic E-state index is 0.0528. The summed E-state index contributed by atoms with van der Waals surface area (Å²) in [6, 6.07) is -0.997. The molecule has 2 N–H and O–H groups in total. The highest BCUT2D eigenvalue weighted by Crippen LogP contribution is 2.44. The first-order valence-corrected chi connectivity index (χ1v) is 5.43. The summed E-state index contributed by atoms with van der Waals surface area (Å²) >= 11 is 0. The quantitative estimate of drug-likeness (QED) is 0.792. The first-order valence-electron chi connectivity index (χ1n) is 5.43. The molecule has 18 heavy (non-hydrogen) atoms. The Morgan fingerprint density at radius 2 is 1.94 bits per heavy atom. The van der Waals surface area contributed by atoms with Crippen LogP contribution in [-0.2, 0) is 4.79 Å². The number of hydrogen-bond donors (Lipinski definition) is 2. The van der Waals surface area contributed by atoms with Crippen molar-refractivity contribution in [2.45, 2.75) is 25.9 Å². The summed E-state index contributed by atoms with van der Waals surface area (Å²) < 4.78 is 36.6. The summed E-state index contributed by atoms with van der Waals surface area (Å²) in [6.07, 6.45) is -2.80. The molecule has 0 aliphatic heterocycles. The van der Waals surface area contributed by atoms with Gasteiger partial charge in [0.1, 0.15) is 13.1 Å². The van der Waals surface area contributed by atoms with Gasteiger partial charge in [-0.05, 0) is 18.3 Å². The number of halogens is 3. The average molecular weight is 268 g/mol. The Hall–Kier alpha value is -1.47. The van der Waals surface area contributed by atoms with Crippen LogP contribution in [0.25, 0.3) is 0 Å². The zero-order valence-electron chi connectivity index (χ0n) is 9.88. The lowest BCUT2D eigenvalue weighted by Crippen LogP contribution is -2.48. The van der Waals surface area contributed by atoms with Gasteiger partial charge in [-0.2, -0.15) is 13.2 Å². The summed E-state index contributed by atoms with van der Waals surface area (Å²) in [5.41, 5.74) is -0.0528. The fourth-order valence-corrected chi connectivity index (χ4v) is 1.37. The van der Waals surface area contributed by atoms with Gasteiger partial charge in [0.05, 0.1) is 0 Å². The van der Waals surface area contributed by atoms with Crippen LogP contribution in [0.1, 0.15) is 19.8 Å². The van der Waals surface area contributed by atoms with E-state index in [-0.39, 0.29) is 16.9 Å². The van der Waals surface area contributed by atoms with Gasteiger partial charge < -0.3 is 15.3 Å². The number of rotatable bonds is 5. The minimum Gasteiger partial charge on any atom is -0.480 e. The number of amides is 2. The molecule has 1 rings (SSSR count). The minimum atomic E-state index is -4.61. The molecule has 0 aromatic carbocycles. The van der Waals surface area contributed by atoms with Gasteiger partial charge in [-0.1, -0.05) is 6.92 Å². The molecule has 0 aromatic heterocycles. The zero-order valence-corrected chi connectivity index (χ0v) is 9.88. The van der Waals surface area contributed by atoms with Crippen LogP contribution in [0, 0.1) is 5.41 Å². The highest BCUT2D eigenvalue weighted by molar-refractivity contribution is 5.80. The Kier molecular flexibility index (Phi) is 4.08. The molecule has 2 amide bonds. The number of urea groups is 1. The fraction of sp³-hybridized carbons (Fsp3) is 0.800. The summed E-state index contributed by atoms with van der Waals surface area (Å²) in [6.45, 7) is -0.373. The van der Waals surface area contributed by atoms with E-state index in [9.17, 15) is 22.8 Å². The van der Waals surface area contributed by atoms with Gasteiger partial charge in [-0.3, -0.25) is 4.79 Å². The summed E-state index contributed by atoms with van der Waals surface area (Å²) in [5.74, 6) is -1.48. The summed E-state index contributed by atoms with van der Waals surface area (Å²) in [5, 5.41) is 10.8. The first kappa shape index (κ1) is 14.6. The molecule has 0 heterocycles. The Bertz CT molecular complexity index is 340. The van der Waals surface area contributed by atoms with Gasteiger partial charge >= 0.3 is 18.2 Å². The predicted octanol–water partition coefficient (Wildman–Crippen LogP) is 1.45. The number of carbonyl (C=O) groups excluding carboxylic acids is 1. The molecule has 1 aliphatic rings. The first-order chi connectivity index (χ1) is 8.11. The van der Waals surface area contributed by atoms with Gasteiger partial charge in [0.15, 0.2) is 0 Å². The number of hydrogen-bond acceptors (Lipinski definition) is 2. The predicted molar refractivity (Wildman–Crippen MR) is 56.0 cm³/mol. The third-order valence-electron chi connectivity index (χ3n) is 2.75. The number of carbonyl (C=O) groups is 2. The van der Waals surface area contributed by atoms with E-state index >= 15 is 0 Å². The second-order valence-corrected chi connectivity index (χ2v) is 4.83. The van der Waals surface area contributed by atoms with Crippen LogP contribution in [0.15, 0.2) is 0 Å². The molecule has 1 aliphatic carbocycles. The van der Waals surface area contributed by atoms with Gasteiger partial charge in [0, 0.05) is 6.54 Å². The molecule has 1 fully saturated rings. The SMILES string of the molecule is CC1(CNC(=O)N(CC(=O)O)CC(F)(F)F)CC1. The Morgan fingerprint density at radius 3 is 2.33 bits per heavy atom. The van der Waals surface area contributed by atoms with E-state index in [2.05, 4.69) is 5.32 Å². The maximum atomic E-state index is 12.2. The van der Waals surface area contributed by atoms with Crippen molar-refractivity contribution in [1.29, 1.82) is 0 Å². The lowest BCUT2D eigenvalue weighted by Gasteiger charge is -2.23. The fourth-order valence-electron chi connectivity index (χ4n) is 1.37. The van der Waals surface area contributed by atoms with Gasteiger partial charge in [-0.25, -0.2) is 4.79 Å². The van der Waals surface area contributed by atoms with Crippen LogP contribution in [0.2, 0.25) is 0 Å². The number of nitrogens with zero attached hydrogens (tertiary/aromatic N) is 1. The topological polar surface area (TPSA) is 69.6 Å². The van der Waals surface area contributed by atoms with Crippen LogP contribution < -0.4 is 5.32 Å². The van der Waals surface area contributed by atoms with Gasteiger partial charge in [0.2, 0.25) is 0 Å². The van der Waals surface area contributed by atoms with E-state index in [0.717, 1.165) is 12.8 Å². The number of carboxylic acid groups (broad SMARTS) is 1. The van der Waals surface area contributed by atoms with Crippen molar-refractivity contribution in [3.8, 4) is 0 Å². The largest absolute Gasteiger partial charge is 0.480 e. The van der Waals surface area contributed by atoms with Crippen LogP contribution in [-0.4, -0.2) is 47.8 Å². The van der Waals surface area contributed by atoms with Gasteiger partial charge in [-0.15, -0.1) is 0 Å². The number of alkyl halides is 3. The van der Waals surface area contributed by atoms with Gasteiger partial charge in [0.25, 0.3) is 0 Å². The lowest BCUT2D eigenvalue weighted by atomic mass is 10.1. The monoisotopic (exact) mass is 268 g/mol. The van der Waals surface area contributed by atoms with E-state index in [1.165, 1.54) is 0 Å². The molecule has 0 radical (unpaired) electrons. The van der Waals surface area contributed by atoms with Crippen molar-refractivity contribution < 1.29 is 27.9 Å². The van der Waals surface area contributed by atoms with E-state index in [0.29, 0.717) is 0 Å². The third kappa shape index (κ3) is 5.24. The van der Waals surface area contributed by atoms with Crippen LogP contribution in [0.5, 0.6) is 0 Å². The highest BCUT2D eigenvalue weighted by atomic mass is 19.4. The van der Waals surface area contributed by atoms with Crippen molar-refractivity contribution in [2.75, 3.05) is 19.6 Å². The highest BCUT2D eigenvalue weighted by Gasteiger charge is 2.39. The van der Waals surface area contributed by atoms with Crippen molar-refractivity contribution in [2.24, 2.45) is 5.41 Å². The Morgan fingerprint density at radius 1 is 1.39 bits per heavy atom. The molecular weight excluding hydrogens is 253 g/mol. The third-order valence-corrected chi connectivity index (χ3v) is 2.75. The molecule has 1 saturated carbocycles. The zero-order chi connectivity index (χ0) is 14.0. The number of aliphatic carboxylic acids is 1. The molecule has 0 atom stereocenters. The molecule has 0 saturated heterocycles. The normalized spacial score (nSPS) is 17.1. The second kappa shape index (κ2) is 5.03. The Labute approximate surface area is 102 Å². The second-order valence-electron chi connectivity index (χ2n) is 4.83. The molecular formula is C10H15F3N2O3. The van der Waals surface area contributed by atoms with Crippen molar-refractivity contribution in [3.63, 3.8) is 0 Å². The number of nitrogens with one attached hydrogen (secondary N) is 1. The standard InChI is InChI=1S/C10H15F3N2O3/c1-9(2-3-9)5-14-8(18)15(4-7(16)17)6-10(11,12)13/h2-6H2,1H3,(H,14,18)(H,16,17). The van der Waals surface area contributed by atoms with Crippen molar-refractivity contribution >= 4 is 12.0 Å². The van der Waals surface area contributed by atoms with Crippen molar-refractivity contribution in [1.82, 2.24) is 10.2 Å². The summed E-state index contributed by atoms with van der Waals surface area (Å²) in [4.78, 5) is 22.2. The van der Waals surface area contributed by atoms with Crippen molar-refractivity contribution in [3.05, 3.63) is 0 Å². The Balaban J connectivity index is 2.51. The molecule has 0 spiro atoms. The molecule has 8 heteroatoms. The van der Waals surface area contributed by atoms with Crippen LogP contribution >= 0.6 is 0 Å². The van der Waals surface area contributed by atoms with E-state index in [4.69, 9.17) is 5.11 Å². The maximum absolute atomic E-state index is 12.2. The smallest absolute Gasteiger partial charge is 0.406 e.